The van der Waals surface area contributed by atoms with E-state index in [0.717, 1.165) is 129 Å². The third-order valence-electron chi connectivity index (χ3n) is 11.9. The first-order valence-corrected chi connectivity index (χ1v) is 21.1. The highest BCUT2D eigenvalue weighted by molar-refractivity contribution is 7.16. The molecule has 10 rings (SSSR count). The number of aromatic nitrogens is 2. The number of nitrogens with one attached hydrogen (secondary N) is 2. The van der Waals surface area contributed by atoms with Gasteiger partial charge < -0.3 is 29.9 Å². The van der Waals surface area contributed by atoms with Gasteiger partial charge in [-0.25, -0.2) is 9.97 Å². The molecule has 10 nitrogen and oxygen atoms in total. The van der Waals surface area contributed by atoms with Gasteiger partial charge in [0.2, 0.25) is 0 Å². The van der Waals surface area contributed by atoms with Crippen LogP contribution in [0.4, 0.5) is 10.3 Å². The summed E-state index contributed by atoms with van der Waals surface area (Å²) in [5.74, 6) is 2.19. The SMILES string of the molecule is C[C@@H](c1ccc2c(c1)OCC2)N1CCN(c2nc3c(s2)CNCC3)CC1.C[C@H](c1ccc2c(c1)OCC2)N1CCN(c2nc3c(s2)CNCC3)CC1. The Hall–Kier alpha value is -3.26. The lowest BCUT2D eigenvalue weighted by Crippen LogP contribution is -2.47. The Balaban J connectivity index is 0.000000138. The van der Waals surface area contributed by atoms with Crippen LogP contribution in [0.5, 0.6) is 11.5 Å². The van der Waals surface area contributed by atoms with Gasteiger partial charge in [0, 0.05) is 126 Å². The lowest BCUT2D eigenvalue weighted by atomic mass is 10.0. The minimum Gasteiger partial charge on any atom is -0.493 e. The maximum absolute atomic E-state index is 5.75. The third-order valence-corrected chi connectivity index (χ3v) is 14.2. The number of ether oxygens (including phenoxy) is 2. The maximum atomic E-state index is 5.75. The molecule has 0 aliphatic carbocycles. The van der Waals surface area contributed by atoms with E-state index in [-0.39, 0.29) is 0 Å². The third kappa shape index (κ3) is 7.18. The van der Waals surface area contributed by atoms with Crippen LogP contribution in [0.25, 0.3) is 0 Å². The van der Waals surface area contributed by atoms with E-state index in [1.54, 1.807) is 0 Å². The fourth-order valence-electron chi connectivity index (χ4n) is 8.40. The zero-order valence-electron chi connectivity index (χ0n) is 30.7. The molecular weight excluding hydrogens is 689 g/mol. The van der Waals surface area contributed by atoms with Crippen molar-refractivity contribution < 1.29 is 9.47 Å². The smallest absolute Gasteiger partial charge is 0.185 e. The second kappa shape index (κ2) is 15.2. The standard InChI is InChI=1S/2C20H26N4OS/c2*1-14(16-3-2-15-5-11-25-18(15)12-16)23-7-9-24(10-8-23)20-22-17-4-6-21-13-19(17)26-20/h2*2-3,12,14,21H,4-11,13H2,1H3/t2*14-/m10/s1. The van der Waals surface area contributed by atoms with Gasteiger partial charge in [0.15, 0.2) is 10.3 Å². The van der Waals surface area contributed by atoms with E-state index in [9.17, 15) is 0 Å². The number of anilines is 2. The summed E-state index contributed by atoms with van der Waals surface area (Å²) in [5.41, 5.74) is 8.08. The van der Waals surface area contributed by atoms with Crippen LogP contribution in [0.2, 0.25) is 0 Å². The fraction of sp³-hybridized carbons (Fsp3) is 0.550. The molecule has 0 saturated carbocycles. The summed E-state index contributed by atoms with van der Waals surface area (Å²) in [5, 5.41) is 9.34. The van der Waals surface area contributed by atoms with Crippen molar-refractivity contribution in [2.45, 2.75) is 64.7 Å². The van der Waals surface area contributed by atoms with Crippen LogP contribution >= 0.6 is 22.7 Å². The maximum Gasteiger partial charge on any atom is 0.185 e. The van der Waals surface area contributed by atoms with Crippen LogP contribution in [0.1, 0.15) is 69.3 Å². The molecule has 2 aromatic heterocycles. The lowest BCUT2D eigenvalue weighted by molar-refractivity contribution is 0.198. The van der Waals surface area contributed by atoms with Crippen molar-refractivity contribution in [2.24, 2.45) is 0 Å². The van der Waals surface area contributed by atoms with Crippen molar-refractivity contribution in [2.75, 3.05) is 88.5 Å². The molecular formula is C40H52N8O2S2. The molecule has 0 radical (unpaired) electrons. The monoisotopic (exact) mass is 740 g/mol. The van der Waals surface area contributed by atoms with Crippen molar-refractivity contribution in [1.82, 2.24) is 30.4 Å². The quantitative estimate of drug-likeness (QED) is 0.275. The van der Waals surface area contributed by atoms with E-state index in [1.165, 1.54) is 53.7 Å². The second-order valence-corrected chi connectivity index (χ2v) is 17.0. The van der Waals surface area contributed by atoms with Crippen molar-refractivity contribution in [3.05, 3.63) is 79.8 Å². The van der Waals surface area contributed by atoms with Gasteiger partial charge in [0.1, 0.15) is 11.5 Å². The number of fused-ring (bicyclic) bond motifs is 4. The molecule has 2 saturated heterocycles. The molecule has 2 aromatic carbocycles. The minimum atomic E-state index is 0.431. The molecule has 12 heteroatoms. The van der Waals surface area contributed by atoms with Crippen LogP contribution in [0.15, 0.2) is 36.4 Å². The number of hydrogen-bond acceptors (Lipinski definition) is 12. The van der Waals surface area contributed by atoms with Gasteiger partial charge >= 0.3 is 0 Å². The number of nitrogens with zero attached hydrogens (tertiary/aromatic N) is 6. The highest BCUT2D eigenvalue weighted by Gasteiger charge is 2.28. The molecule has 8 heterocycles. The topological polar surface area (TPSA) is 81.3 Å². The summed E-state index contributed by atoms with van der Waals surface area (Å²) in [6, 6.07) is 14.4. The molecule has 4 aromatic rings. The van der Waals surface area contributed by atoms with Crippen LogP contribution in [-0.4, -0.2) is 98.4 Å². The molecule has 6 aliphatic rings. The van der Waals surface area contributed by atoms with E-state index in [0.29, 0.717) is 12.1 Å². The molecule has 0 amide bonds. The summed E-state index contributed by atoms with van der Waals surface area (Å²) in [4.78, 5) is 22.8. The summed E-state index contributed by atoms with van der Waals surface area (Å²) < 4.78 is 11.5. The summed E-state index contributed by atoms with van der Waals surface area (Å²) >= 11 is 3.76. The number of rotatable bonds is 6. The van der Waals surface area contributed by atoms with Crippen molar-refractivity contribution >= 4 is 32.9 Å². The molecule has 0 unspecified atom stereocenters. The number of benzene rings is 2. The van der Waals surface area contributed by atoms with E-state index in [1.807, 2.05) is 22.7 Å². The van der Waals surface area contributed by atoms with Crippen molar-refractivity contribution in [1.29, 1.82) is 0 Å². The molecule has 0 bridgehead atoms. The van der Waals surface area contributed by atoms with Gasteiger partial charge in [-0.15, -0.1) is 22.7 Å². The van der Waals surface area contributed by atoms with Crippen LogP contribution < -0.4 is 29.9 Å². The Morgan fingerprint density at radius 1 is 0.596 bits per heavy atom. The average Bonchev–Trinajstić information content (AvgIpc) is 4.03. The molecule has 6 aliphatic heterocycles. The molecule has 0 spiro atoms. The largest absolute Gasteiger partial charge is 0.493 e. The van der Waals surface area contributed by atoms with Gasteiger partial charge in [0.25, 0.3) is 0 Å². The Morgan fingerprint density at radius 2 is 1.04 bits per heavy atom. The Kier molecular flexibility index (Phi) is 10.1. The summed E-state index contributed by atoms with van der Waals surface area (Å²) in [7, 11) is 0. The predicted molar refractivity (Wildman–Crippen MR) is 211 cm³/mol. The number of thiazole rings is 2. The van der Waals surface area contributed by atoms with E-state index in [2.05, 4.69) is 80.5 Å². The van der Waals surface area contributed by atoms with Crippen LogP contribution in [0.3, 0.4) is 0 Å². The normalized spacial score (nSPS) is 21.2. The Morgan fingerprint density at radius 3 is 1.46 bits per heavy atom. The molecule has 52 heavy (non-hydrogen) atoms. The van der Waals surface area contributed by atoms with Crippen LogP contribution in [-0.2, 0) is 38.8 Å². The fourth-order valence-corrected chi connectivity index (χ4v) is 10.7. The molecule has 276 valence electrons. The second-order valence-electron chi connectivity index (χ2n) is 14.9. The Bertz CT molecular complexity index is 1680. The highest BCUT2D eigenvalue weighted by Crippen LogP contribution is 2.35. The first kappa shape index (κ1) is 34.5. The lowest BCUT2D eigenvalue weighted by Gasteiger charge is -2.38. The highest BCUT2D eigenvalue weighted by atomic mass is 32.1. The van der Waals surface area contributed by atoms with Crippen molar-refractivity contribution in [3.63, 3.8) is 0 Å². The zero-order valence-corrected chi connectivity index (χ0v) is 32.3. The van der Waals surface area contributed by atoms with Crippen LogP contribution in [0, 0.1) is 0 Å². The van der Waals surface area contributed by atoms with Gasteiger partial charge in [-0.1, -0.05) is 24.3 Å². The van der Waals surface area contributed by atoms with Gasteiger partial charge in [-0.2, -0.15) is 0 Å². The van der Waals surface area contributed by atoms with Gasteiger partial charge in [-0.3, -0.25) is 9.80 Å². The van der Waals surface area contributed by atoms with E-state index >= 15 is 0 Å². The van der Waals surface area contributed by atoms with E-state index < -0.39 is 0 Å². The average molecular weight is 741 g/mol. The van der Waals surface area contributed by atoms with Gasteiger partial charge in [0.05, 0.1) is 24.6 Å². The molecule has 2 N–H and O–H groups in total. The minimum absolute atomic E-state index is 0.431. The molecule has 2 atom stereocenters. The van der Waals surface area contributed by atoms with E-state index in [4.69, 9.17) is 19.4 Å². The number of piperazine rings is 2. The van der Waals surface area contributed by atoms with Gasteiger partial charge in [-0.05, 0) is 48.2 Å². The first-order chi connectivity index (χ1) is 25.6. The zero-order chi connectivity index (χ0) is 35.0. The summed E-state index contributed by atoms with van der Waals surface area (Å²) in [6.45, 7) is 19.0. The first-order valence-electron chi connectivity index (χ1n) is 19.4. The number of hydrogen-bond donors (Lipinski definition) is 2. The van der Waals surface area contributed by atoms with Crippen molar-refractivity contribution in [3.8, 4) is 11.5 Å². The Labute approximate surface area is 316 Å². The summed E-state index contributed by atoms with van der Waals surface area (Å²) in [6.07, 6.45) is 4.25. The predicted octanol–water partition coefficient (Wildman–Crippen LogP) is 5.21. The molecule has 2 fully saturated rings.